The van der Waals surface area contributed by atoms with Crippen LogP contribution >= 0.6 is 11.3 Å². The van der Waals surface area contributed by atoms with Gasteiger partial charge in [-0.05, 0) is 32.3 Å². The van der Waals surface area contributed by atoms with Crippen molar-refractivity contribution >= 4 is 33.2 Å². The lowest BCUT2D eigenvalue weighted by atomic mass is 10.0. The Bertz CT molecular complexity index is 1060. The van der Waals surface area contributed by atoms with E-state index in [0.717, 1.165) is 16.9 Å². The summed E-state index contributed by atoms with van der Waals surface area (Å²) >= 11 is 1.11. The Balaban J connectivity index is 2.24. The minimum Gasteiger partial charge on any atom is -0.390 e. The third-order valence-corrected chi connectivity index (χ3v) is 8.79. The van der Waals surface area contributed by atoms with Crippen LogP contribution in [0.5, 0.6) is 0 Å². The second-order valence-corrected chi connectivity index (χ2v) is 11.4. The Kier molecular flexibility index (Phi) is 10.6. The number of aromatic nitrogens is 1. The van der Waals surface area contributed by atoms with E-state index in [-0.39, 0.29) is 42.0 Å². The van der Waals surface area contributed by atoms with Crippen LogP contribution in [0.2, 0.25) is 0 Å². The fourth-order valence-electron chi connectivity index (χ4n) is 3.55. The van der Waals surface area contributed by atoms with Gasteiger partial charge in [0.25, 0.3) is 10.0 Å². The molecule has 0 aliphatic rings. The summed E-state index contributed by atoms with van der Waals surface area (Å²) in [4.78, 5) is 28.2. The average molecular weight is 511 g/mol. The van der Waals surface area contributed by atoms with Crippen molar-refractivity contribution in [3.8, 4) is 0 Å². The Labute approximate surface area is 205 Å². The second-order valence-electron chi connectivity index (χ2n) is 8.07. The molecule has 0 aliphatic carbocycles. The van der Waals surface area contributed by atoms with Gasteiger partial charge >= 0.3 is 0 Å². The maximum absolute atomic E-state index is 13.4. The number of aryl methyl sites for hydroxylation is 2. The zero-order valence-electron chi connectivity index (χ0n) is 20.1. The first-order valence-corrected chi connectivity index (χ1v) is 13.5. The smallest absolute Gasteiger partial charge is 0.254 e. The van der Waals surface area contributed by atoms with E-state index in [2.05, 4.69) is 15.6 Å². The van der Waals surface area contributed by atoms with Gasteiger partial charge in [0.05, 0.1) is 22.8 Å². The lowest BCUT2D eigenvalue weighted by Gasteiger charge is -2.29. The number of amides is 2. The Hall–Kier alpha value is -2.34. The van der Waals surface area contributed by atoms with Crippen molar-refractivity contribution in [2.75, 3.05) is 20.1 Å². The molecule has 3 N–H and O–H groups in total. The predicted octanol–water partition coefficient (Wildman–Crippen LogP) is 1.78. The molecule has 188 valence electrons. The summed E-state index contributed by atoms with van der Waals surface area (Å²) in [6.45, 7) is 5.31. The number of nitrogens with one attached hydrogen (secondary N) is 2. The van der Waals surface area contributed by atoms with Gasteiger partial charge in [0.2, 0.25) is 11.8 Å². The van der Waals surface area contributed by atoms with E-state index >= 15 is 0 Å². The third kappa shape index (κ3) is 7.86. The SMILES string of the molecule is CCCN(CC(O)C(Cc1ccccc1)NC(=O)CCC(=O)NC)S(=O)(=O)c1sc(C)nc1C. The number of carbonyl (C=O) groups is 2. The zero-order chi connectivity index (χ0) is 25.3. The van der Waals surface area contributed by atoms with Gasteiger partial charge in [0.15, 0.2) is 4.21 Å². The van der Waals surface area contributed by atoms with Crippen LogP contribution in [0, 0.1) is 13.8 Å². The average Bonchev–Trinajstić information content (AvgIpc) is 3.15. The zero-order valence-corrected chi connectivity index (χ0v) is 21.7. The fraction of sp³-hybridized carbons (Fsp3) is 0.522. The number of sulfonamides is 1. The maximum atomic E-state index is 13.4. The number of carbonyl (C=O) groups excluding carboxylic acids is 2. The number of rotatable bonds is 13. The van der Waals surface area contributed by atoms with E-state index in [1.54, 1.807) is 13.8 Å². The van der Waals surface area contributed by atoms with E-state index in [1.165, 1.54) is 11.4 Å². The molecule has 2 atom stereocenters. The van der Waals surface area contributed by atoms with Crippen molar-refractivity contribution in [3.63, 3.8) is 0 Å². The van der Waals surface area contributed by atoms with E-state index < -0.39 is 22.2 Å². The first kappa shape index (κ1) is 27.9. The molecule has 0 radical (unpaired) electrons. The van der Waals surface area contributed by atoms with E-state index in [1.807, 2.05) is 37.3 Å². The predicted molar refractivity (Wildman–Crippen MR) is 132 cm³/mol. The van der Waals surface area contributed by atoms with Crippen molar-refractivity contribution in [2.45, 2.75) is 62.8 Å². The Morgan fingerprint density at radius 3 is 2.35 bits per heavy atom. The first-order chi connectivity index (χ1) is 16.1. The second kappa shape index (κ2) is 12.9. The van der Waals surface area contributed by atoms with Gasteiger partial charge in [0.1, 0.15) is 0 Å². The molecule has 9 nitrogen and oxygen atoms in total. The van der Waals surface area contributed by atoms with Crippen LogP contribution in [-0.4, -0.2) is 66.9 Å². The summed E-state index contributed by atoms with van der Waals surface area (Å²) in [7, 11) is -2.37. The topological polar surface area (TPSA) is 129 Å². The molecule has 1 heterocycles. The Morgan fingerprint density at radius 1 is 1.15 bits per heavy atom. The van der Waals surface area contributed by atoms with Gasteiger partial charge in [-0.25, -0.2) is 13.4 Å². The van der Waals surface area contributed by atoms with Crippen LogP contribution in [0.4, 0.5) is 0 Å². The Morgan fingerprint density at radius 2 is 1.79 bits per heavy atom. The quantitative estimate of drug-likeness (QED) is 0.377. The van der Waals surface area contributed by atoms with Crippen LogP contribution < -0.4 is 10.6 Å². The van der Waals surface area contributed by atoms with Crippen molar-refractivity contribution in [1.82, 2.24) is 19.9 Å². The summed E-state index contributed by atoms with van der Waals surface area (Å²) in [5.41, 5.74) is 1.32. The normalized spacial score (nSPS) is 13.5. The van der Waals surface area contributed by atoms with E-state index in [4.69, 9.17) is 0 Å². The fourth-order valence-corrected chi connectivity index (χ4v) is 6.72. The standard InChI is InChI=1S/C23H34N4O5S2/c1-5-13-27(34(31,32)23-16(2)25-17(3)33-23)15-20(28)19(14-18-9-7-6-8-10-18)26-22(30)12-11-21(29)24-4/h6-10,19-20,28H,5,11-15H2,1-4H3,(H,24,29)(H,26,30). The summed E-state index contributed by atoms with van der Waals surface area (Å²) in [6.07, 6.45) is -0.304. The van der Waals surface area contributed by atoms with Crippen LogP contribution in [-0.2, 0) is 26.0 Å². The first-order valence-electron chi connectivity index (χ1n) is 11.2. The monoisotopic (exact) mass is 510 g/mol. The van der Waals surface area contributed by atoms with Crippen LogP contribution in [0.1, 0.15) is 42.5 Å². The van der Waals surface area contributed by atoms with Gasteiger partial charge in [0, 0.05) is 33.0 Å². The number of nitrogens with zero attached hydrogens (tertiary/aromatic N) is 2. The molecule has 2 rings (SSSR count). The molecule has 0 aliphatic heterocycles. The van der Waals surface area contributed by atoms with Crippen LogP contribution in [0.25, 0.3) is 0 Å². The molecule has 0 saturated carbocycles. The molecule has 11 heteroatoms. The number of hydrogen-bond donors (Lipinski definition) is 3. The van der Waals surface area contributed by atoms with Gasteiger partial charge < -0.3 is 15.7 Å². The van der Waals surface area contributed by atoms with Crippen molar-refractivity contribution in [3.05, 3.63) is 46.6 Å². The van der Waals surface area contributed by atoms with Crippen molar-refractivity contribution in [1.29, 1.82) is 0 Å². The highest BCUT2D eigenvalue weighted by Gasteiger charge is 2.32. The molecular weight excluding hydrogens is 476 g/mol. The highest BCUT2D eigenvalue weighted by molar-refractivity contribution is 7.91. The van der Waals surface area contributed by atoms with E-state index in [0.29, 0.717) is 23.5 Å². The minimum absolute atomic E-state index is 0.0246. The molecule has 2 unspecified atom stereocenters. The highest BCUT2D eigenvalue weighted by atomic mass is 32.2. The lowest BCUT2D eigenvalue weighted by molar-refractivity contribution is -0.127. The third-order valence-electron chi connectivity index (χ3n) is 5.27. The lowest BCUT2D eigenvalue weighted by Crippen LogP contribution is -2.50. The maximum Gasteiger partial charge on any atom is 0.254 e. The summed E-state index contributed by atoms with van der Waals surface area (Å²) in [5, 5.41) is 17.0. The highest BCUT2D eigenvalue weighted by Crippen LogP contribution is 2.27. The summed E-state index contributed by atoms with van der Waals surface area (Å²) in [5.74, 6) is -0.645. The van der Waals surface area contributed by atoms with Gasteiger partial charge in [-0.15, -0.1) is 11.3 Å². The number of aliphatic hydroxyl groups is 1. The molecule has 2 aromatic rings. The summed E-state index contributed by atoms with van der Waals surface area (Å²) < 4.78 is 28.1. The minimum atomic E-state index is -3.86. The van der Waals surface area contributed by atoms with E-state index in [9.17, 15) is 23.1 Å². The van der Waals surface area contributed by atoms with Crippen LogP contribution in [0.15, 0.2) is 34.5 Å². The number of aliphatic hydroxyl groups excluding tert-OH is 1. The summed E-state index contributed by atoms with van der Waals surface area (Å²) in [6, 6.07) is 8.59. The van der Waals surface area contributed by atoms with Crippen LogP contribution in [0.3, 0.4) is 0 Å². The van der Waals surface area contributed by atoms with Crippen molar-refractivity contribution < 1.29 is 23.1 Å². The number of thiazole rings is 1. The molecule has 1 aromatic carbocycles. The molecule has 34 heavy (non-hydrogen) atoms. The molecule has 0 bridgehead atoms. The largest absolute Gasteiger partial charge is 0.390 e. The van der Waals surface area contributed by atoms with Crippen molar-refractivity contribution in [2.24, 2.45) is 0 Å². The molecule has 1 aromatic heterocycles. The van der Waals surface area contributed by atoms with Gasteiger partial charge in [-0.1, -0.05) is 37.3 Å². The molecule has 0 saturated heterocycles. The molecule has 0 fully saturated rings. The van der Waals surface area contributed by atoms with Gasteiger partial charge in [-0.2, -0.15) is 4.31 Å². The molecule has 0 spiro atoms. The molecular formula is C23H34N4O5S2. The number of hydrogen-bond acceptors (Lipinski definition) is 7. The van der Waals surface area contributed by atoms with Gasteiger partial charge in [-0.3, -0.25) is 9.59 Å². The molecule has 2 amide bonds. The number of benzene rings is 1.